The first-order chi connectivity index (χ1) is 14.9. The van der Waals surface area contributed by atoms with Gasteiger partial charge in [0.1, 0.15) is 17.1 Å². The Morgan fingerprint density at radius 3 is 2.62 bits per heavy atom. The lowest BCUT2D eigenvalue weighted by molar-refractivity contribution is -0.137. The van der Waals surface area contributed by atoms with E-state index in [9.17, 15) is 18.3 Å². The van der Waals surface area contributed by atoms with Gasteiger partial charge in [-0.25, -0.2) is 9.67 Å². The first-order valence-corrected chi connectivity index (χ1v) is 10.4. The van der Waals surface area contributed by atoms with Gasteiger partial charge in [0.2, 0.25) is 11.8 Å². The molecule has 3 heterocycles. The van der Waals surface area contributed by atoms with Crippen LogP contribution in [0.3, 0.4) is 0 Å². The van der Waals surface area contributed by atoms with Gasteiger partial charge in [-0.3, -0.25) is 0 Å². The Bertz CT molecular complexity index is 939. The molecular formula is C20H29F3N6O3. The molecule has 0 bridgehead atoms. The first-order valence-electron chi connectivity index (χ1n) is 10.4. The molecular weight excluding hydrogens is 429 g/mol. The smallest absolute Gasteiger partial charge is 0.421 e. The van der Waals surface area contributed by atoms with Crippen LogP contribution in [-0.2, 0) is 16.5 Å². The Labute approximate surface area is 184 Å². The lowest BCUT2D eigenvalue weighted by atomic mass is 10.1. The molecule has 32 heavy (non-hydrogen) atoms. The molecule has 0 aliphatic carbocycles. The summed E-state index contributed by atoms with van der Waals surface area (Å²) in [7, 11) is 0. The van der Waals surface area contributed by atoms with E-state index in [1.165, 1.54) is 0 Å². The van der Waals surface area contributed by atoms with Crippen LogP contribution in [0.2, 0.25) is 0 Å². The summed E-state index contributed by atoms with van der Waals surface area (Å²) in [4.78, 5) is 7.57. The van der Waals surface area contributed by atoms with Crippen molar-refractivity contribution in [1.29, 1.82) is 0 Å². The maximum Gasteiger partial charge on any atom is 0.421 e. The molecule has 1 aliphatic heterocycles. The summed E-state index contributed by atoms with van der Waals surface area (Å²) in [5.74, 6) is -0.342. The predicted octanol–water partition coefficient (Wildman–Crippen LogP) is 3.28. The molecule has 0 amide bonds. The maximum atomic E-state index is 13.0. The Kier molecular flexibility index (Phi) is 6.84. The van der Waals surface area contributed by atoms with Crippen LogP contribution in [0.1, 0.15) is 51.3 Å². The highest BCUT2D eigenvalue weighted by Gasteiger charge is 2.35. The standard InChI is InChI=1S/C20H29F3N6O3/c1-11(2)14-15(26-18-25-7-13(16(24)27-18)20(21,22)23)17(29(28-14)19(3,4)10-30)32-9-12-5-6-31-8-12/h7,11-12,30H,5-6,8-10H2,1-4H3,(H3,24,25,26,27)/t12-/m0/s1. The summed E-state index contributed by atoms with van der Waals surface area (Å²) >= 11 is 0. The van der Waals surface area contributed by atoms with E-state index in [0.717, 1.165) is 6.42 Å². The quantitative estimate of drug-likeness (QED) is 0.551. The van der Waals surface area contributed by atoms with E-state index in [-0.39, 0.29) is 24.4 Å². The molecule has 0 unspecified atom stereocenters. The van der Waals surface area contributed by atoms with Crippen LogP contribution >= 0.6 is 0 Å². The van der Waals surface area contributed by atoms with Crippen LogP contribution in [0.25, 0.3) is 0 Å². The van der Waals surface area contributed by atoms with Gasteiger partial charge in [-0.15, -0.1) is 0 Å². The topological polar surface area (TPSA) is 120 Å². The lowest BCUT2D eigenvalue weighted by Crippen LogP contribution is -2.32. The summed E-state index contributed by atoms with van der Waals surface area (Å²) in [6.45, 7) is 8.82. The van der Waals surface area contributed by atoms with E-state index >= 15 is 0 Å². The third kappa shape index (κ3) is 5.07. The molecule has 2 aromatic heterocycles. The average molecular weight is 458 g/mol. The normalized spacial score (nSPS) is 17.2. The number of alkyl halides is 3. The molecule has 9 nitrogen and oxygen atoms in total. The molecule has 0 saturated carbocycles. The summed E-state index contributed by atoms with van der Waals surface area (Å²) in [6, 6.07) is 0. The van der Waals surface area contributed by atoms with E-state index in [0.29, 0.717) is 43.3 Å². The molecule has 1 fully saturated rings. The number of anilines is 3. The highest BCUT2D eigenvalue weighted by atomic mass is 19.4. The van der Waals surface area contributed by atoms with Crippen LogP contribution in [0, 0.1) is 5.92 Å². The Hall–Kier alpha value is -2.60. The van der Waals surface area contributed by atoms with Crippen molar-refractivity contribution in [3.63, 3.8) is 0 Å². The fourth-order valence-corrected chi connectivity index (χ4v) is 3.25. The van der Waals surface area contributed by atoms with Gasteiger partial charge in [-0.05, 0) is 26.2 Å². The van der Waals surface area contributed by atoms with Gasteiger partial charge < -0.3 is 25.6 Å². The Balaban J connectivity index is 2.03. The number of aliphatic hydroxyl groups excluding tert-OH is 1. The van der Waals surface area contributed by atoms with Crippen LogP contribution in [0.5, 0.6) is 5.88 Å². The van der Waals surface area contributed by atoms with E-state index < -0.39 is 23.1 Å². The number of hydrogen-bond donors (Lipinski definition) is 3. The number of nitrogens with zero attached hydrogens (tertiary/aromatic N) is 4. The number of rotatable bonds is 8. The number of nitrogens with one attached hydrogen (secondary N) is 1. The van der Waals surface area contributed by atoms with Crippen molar-refractivity contribution >= 4 is 17.5 Å². The molecule has 3 rings (SSSR count). The number of halogens is 3. The molecule has 4 N–H and O–H groups in total. The first kappa shape index (κ1) is 24.1. The Morgan fingerprint density at radius 2 is 2.09 bits per heavy atom. The second-order valence-corrected chi connectivity index (χ2v) is 8.76. The highest BCUT2D eigenvalue weighted by molar-refractivity contribution is 5.65. The molecule has 12 heteroatoms. The molecule has 0 radical (unpaired) electrons. The van der Waals surface area contributed by atoms with E-state index in [2.05, 4.69) is 20.4 Å². The molecule has 178 valence electrons. The van der Waals surface area contributed by atoms with E-state index in [1.807, 2.05) is 13.8 Å². The third-order valence-corrected chi connectivity index (χ3v) is 5.22. The van der Waals surface area contributed by atoms with Gasteiger partial charge in [-0.2, -0.15) is 23.3 Å². The number of hydrogen-bond acceptors (Lipinski definition) is 8. The van der Waals surface area contributed by atoms with Gasteiger partial charge in [0, 0.05) is 18.7 Å². The zero-order chi connectivity index (χ0) is 23.7. The summed E-state index contributed by atoms with van der Waals surface area (Å²) in [6.07, 6.45) is -3.16. The third-order valence-electron chi connectivity index (χ3n) is 5.22. The Morgan fingerprint density at radius 1 is 1.38 bits per heavy atom. The predicted molar refractivity (Wildman–Crippen MR) is 112 cm³/mol. The second-order valence-electron chi connectivity index (χ2n) is 8.76. The highest BCUT2D eigenvalue weighted by Crippen LogP contribution is 2.39. The zero-order valence-corrected chi connectivity index (χ0v) is 18.5. The van der Waals surface area contributed by atoms with Gasteiger partial charge in [0.25, 0.3) is 0 Å². The SMILES string of the molecule is CC(C)c1nn(C(C)(C)CO)c(OC[C@H]2CCOC2)c1Nc1ncc(C(F)(F)F)c(N)n1. The molecule has 0 spiro atoms. The number of nitrogens with two attached hydrogens (primary N) is 1. The fraction of sp³-hybridized carbons (Fsp3) is 0.650. The molecule has 0 aromatic carbocycles. The lowest BCUT2D eigenvalue weighted by Gasteiger charge is -2.25. The maximum absolute atomic E-state index is 13.0. The second kappa shape index (κ2) is 9.10. The van der Waals surface area contributed by atoms with Crippen molar-refractivity contribution < 1.29 is 27.8 Å². The monoisotopic (exact) mass is 458 g/mol. The minimum absolute atomic E-state index is 0.0720. The van der Waals surface area contributed by atoms with Crippen LogP contribution < -0.4 is 15.8 Å². The van der Waals surface area contributed by atoms with Crippen molar-refractivity contribution in [2.45, 2.75) is 51.7 Å². The summed E-state index contributed by atoms with van der Waals surface area (Å²) in [5.41, 5.74) is 4.62. The number of ether oxygens (including phenoxy) is 2. The van der Waals surface area contributed by atoms with E-state index in [1.54, 1.807) is 18.5 Å². The van der Waals surface area contributed by atoms with Crippen molar-refractivity contribution in [2.24, 2.45) is 5.92 Å². The molecule has 1 aliphatic rings. The summed E-state index contributed by atoms with van der Waals surface area (Å²) in [5, 5.41) is 17.5. The summed E-state index contributed by atoms with van der Waals surface area (Å²) < 4.78 is 52.2. The largest absolute Gasteiger partial charge is 0.476 e. The van der Waals surface area contributed by atoms with Crippen molar-refractivity contribution in [2.75, 3.05) is 37.5 Å². The van der Waals surface area contributed by atoms with Crippen molar-refractivity contribution in [1.82, 2.24) is 19.7 Å². The minimum Gasteiger partial charge on any atom is -0.476 e. The van der Waals surface area contributed by atoms with Crippen molar-refractivity contribution in [3.8, 4) is 5.88 Å². The van der Waals surface area contributed by atoms with Crippen LogP contribution in [-0.4, -0.2) is 51.3 Å². The van der Waals surface area contributed by atoms with Gasteiger partial charge in [-0.1, -0.05) is 13.8 Å². The number of aliphatic hydroxyl groups is 1. The van der Waals surface area contributed by atoms with Crippen molar-refractivity contribution in [3.05, 3.63) is 17.5 Å². The van der Waals surface area contributed by atoms with Gasteiger partial charge >= 0.3 is 6.18 Å². The molecule has 1 atom stereocenters. The van der Waals surface area contributed by atoms with E-state index in [4.69, 9.17) is 15.2 Å². The zero-order valence-electron chi connectivity index (χ0n) is 18.5. The fourth-order valence-electron chi connectivity index (χ4n) is 3.25. The van der Waals surface area contributed by atoms with Crippen LogP contribution in [0.15, 0.2) is 6.20 Å². The van der Waals surface area contributed by atoms with Gasteiger partial charge in [0.15, 0.2) is 0 Å². The minimum atomic E-state index is -4.65. The molecule has 2 aromatic rings. The van der Waals surface area contributed by atoms with Gasteiger partial charge in [0.05, 0.1) is 31.1 Å². The average Bonchev–Trinajstić information content (AvgIpc) is 3.33. The van der Waals surface area contributed by atoms with Crippen LogP contribution in [0.4, 0.5) is 30.6 Å². The number of nitrogen functional groups attached to an aromatic ring is 1. The number of aromatic nitrogens is 4. The molecule has 1 saturated heterocycles.